The molecule has 0 amide bonds. The molecule has 1 aromatic carbocycles. The van der Waals surface area contributed by atoms with Gasteiger partial charge in [0.1, 0.15) is 11.6 Å². The summed E-state index contributed by atoms with van der Waals surface area (Å²) in [7, 11) is 0. The lowest BCUT2D eigenvalue weighted by Crippen LogP contribution is -2.12. The molecule has 82 valence electrons. The van der Waals surface area contributed by atoms with Crippen LogP contribution in [-0.4, -0.2) is 6.54 Å². The van der Waals surface area contributed by atoms with Gasteiger partial charge in [0, 0.05) is 6.54 Å². The van der Waals surface area contributed by atoms with Gasteiger partial charge in [0.2, 0.25) is 0 Å². The van der Waals surface area contributed by atoms with Crippen LogP contribution in [0, 0.1) is 17.6 Å². The van der Waals surface area contributed by atoms with Gasteiger partial charge in [-0.25, -0.2) is 8.78 Å². The van der Waals surface area contributed by atoms with Gasteiger partial charge in [0.15, 0.2) is 0 Å². The molecule has 0 unspecified atom stereocenters. The summed E-state index contributed by atoms with van der Waals surface area (Å²) in [4.78, 5) is 0. The lowest BCUT2D eigenvalue weighted by atomic mass is 10.1. The molecule has 1 N–H and O–H groups in total. The molecule has 2 rings (SSSR count). The zero-order chi connectivity index (χ0) is 10.7. The number of benzene rings is 1. The molecule has 3 heteroatoms. The molecule has 0 atom stereocenters. The van der Waals surface area contributed by atoms with Crippen LogP contribution in [0.5, 0.6) is 0 Å². The van der Waals surface area contributed by atoms with E-state index in [1.54, 1.807) is 0 Å². The number of hydrogen-bond donors (Lipinski definition) is 1. The Morgan fingerprint density at radius 3 is 2.67 bits per heavy atom. The van der Waals surface area contributed by atoms with E-state index in [1.807, 2.05) is 0 Å². The molecule has 1 aromatic rings. The highest BCUT2D eigenvalue weighted by molar-refractivity contribution is 5.44. The second-order valence-electron chi connectivity index (χ2n) is 4.16. The summed E-state index contributed by atoms with van der Waals surface area (Å²) in [5.41, 5.74) is 0.280. The summed E-state index contributed by atoms with van der Waals surface area (Å²) in [6.07, 6.45) is 4.92. The monoisotopic (exact) mass is 211 g/mol. The Morgan fingerprint density at radius 2 is 1.93 bits per heavy atom. The maximum atomic E-state index is 13.2. The van der Waals surface area contributed by atoms with Crippen molar-refractivity contribution in [2.24, 2.45) is 5.92 Å². The number of hydrogen-bond acceptors (Lipinski definition) is 1. The van der Waals surface area contributed by atoms with Crippen molar-refractivity contribution in [3.8, 4) is 0 Å². The highest BCUT2D eigenvalue weighted by Crippen LogP contribution is 2.25. The molecule has 1 fully saturated rings. The minimum atomic E-state index is -0.398. The smallest absolute Gasteiger partial charge is 0.146 e. The maximum Gasteiger partial charge on any atom is 0.146 e. The second kappa shape index (κ2) is 4.60. The zero-order valence-corrected chi connectivity index (χ0v) is 8.60. The summed E-state index contributed by atoms with van der Waals surface area (Å²) in [6.45, 7) is 0.750. The topological polar surface area (TPSA) is 12.0 Å². The van der Waals surface area contributed by atoms with Crippen LogP contribution in [-0.2, 0) is 0 Å². The van der Waals surface area contributed by atoms with Crippen molar-refractivity contribution in [3.05, 3.63) is 29.8 Å². The van der Waals surface area contributed by atoms with E-state index in [4.69, 9.17) is 0 Å². The van der Waals surface area contributed by atoms with Crippen molar-refractivity contribution >= 4 is 5.69 Å². The number of rotatable bonds is 3. The Hall–Kier alpha value is -1.12. The maximum absolute atomic E-state index is 13.2. The summed E-state index contributed by atoms with van der Waals surface area (Å²) in [5.74, 6) is -0.160. The van der Waals surface area contributed by atoms with Crippen LogP contribution in [0.3, 0.4) is 0 Å². The molecule has 0 aromatic heterocycles. The van der Waals surface area contributed by atoms with Crippen molar-refractivity contribution in [2.75, 3.05) is 11.9 Å². The van der Waals surface area contributed by atoms with Gasteiger partial charge >= 0.3 is 0 Å². The van der Waals surface area contributed by atoms with Crippen molar-refractivity contribution in [2.45, 2.75) is 25.7 Å². The van der Waals surface area contributed by atoms with Crippen molar-refractivity contribution in [1.82, 2.24) is 0 Å². The first kappa shape index (κ1) is 10.4. The molecule has 1 aliphatic carbocycles. The first-order valence-electron chi connectivity index (χ1n) is 5.44. The number of nitrogens with one attached hydrogen (secondary N) is 1. The van der Waals surface area contributed by atoms with Crippen molar-refractivity contribution < 1.29 is 8.78 Å². The van der Waals surface area contributed by atoms with Gasteiger partial charge in [-0.2, -0.15) is 0 Å². The lowest BCUT2D eigenvalue weighted by molar-refractivity contribution is 0.570. The van der Waals surface area contributed by atoms with Gasteiger partial charge in [-0.15, -0.1) is 0 Å². The number of halogens is 2. The van der Waals surface area contributed by atoms with Gasteiger partial charge in [-0.3, -0.25) is 0 Å². The molecule has 0 aliphatic heterocycles. The first-order valence-corrected chi connectivity index (χ1v) is 5.44. The third kappa shape index (κ3) is 2.67. The molecule has 1 saturated carbocycles. The quantitative estimate of drug-likeness (QED) is 0.806. The van der Waals surface area contributed by atoms with E-state index in [-0.39, 0.29) is 11.5 Å². The fraction of sp³-hybridized carbons (Fsp3) is 0.500. The summed E-state index contributed by atoms with van der Waals surface area (Å²) in [5, 5.41) is 2.98. The third-order valence-electron chi connectivity index (χ3n) is 2.98. The summed E-state index contributed by atoms with van der Waals surface area (Å²) < 4.78 is 26.1. The van der Waals surface area contributed by atoms with Crippen LogP contribution >= 0.6 is 0 Å². The standard InChI is InChI=1S/C12H15F2N/c13-10-5-6-11(14)12(7-10)15-8-9-3-1-2-4-9/h5-7,9,15H,1-4,8H2. The average molecular weight is 211 g/mol. The Balaban J connectivity index is 1.94. The van der Waals surface area contributed by atoms with E-state index in [0.29, 0.717) is 5.92 Å². The van der Waals surface area contributed by atoms with Crippen LogP contribution in [0.25, 0.3) is 0 Å². The number of anilines is 1. The van der Waals surface area contributed by atoms with Gasteiger partial charge < -0.3 is 5.32 Å². The highest BCUT2D eigenvalue weighted by atomic mass is 19.1. The molecule has 0 radical (unpaired) electrons. The van der Waals surface area contributed by atoms with Crippen molar-refractivity contribution in [1.29, 1.82) is 0 Å². The van der Waals surface area contributed by atoms with Gasteiger partial charge in [-0.1, -0.05) is 12.8 Å². The Bertz CT molecular complexity index is 332. The van der Waals surface area contributed by atoms with Gasteiger partial charge in [-0.05, 0) is 37.0 Å². The molecular weight excluding hydrogens is 196 g/mol. The minimum absolute atomic E-state index is 0.280. The van der Waals surface area contributed by atoms with E-state index in [9.17, 15) is 8.78 Å². The predicted octanol–water partition coefficient (Wildman–Crippen LogP) is 3.57. The molecular formula is C12H15F2N. The van der Waals surface area contributed by atoms with E-state index >= 15 is 0 Å². The van der Waals surface area contributed by atoms with Crippen LogP contribution in [0.2, 0.25) is 0 Å². The van der Waals surface area contributed by atoms with Crippen LogP contribution in [0.4, 0.5) is 14.5 Å². The normalized spacial score (nSPS) is 16.9. The summed E-state index contributed by atoms with van der Waals surface area (Å²) >= 11 is 0. The molecule has 1 aliphatic rings. The van der Waals surface area contributed by atoms with E-state index in [1.165, 1.54) is 31.7 Å². The fourth-order valence-electron chi connectivity index (χ4n) is 2.10. The van der Waals surface area contributed by atoms with E-state index in [0.717, 1.165) is 18.7 Å². The molecule has 0 spiro atoms. The fourth-order valence-corrected chi connectivity index (χ4v) is 2.10. The third-order valence-corrected chi connectivity index (χ3v) is 2.98. The second-order valence-corrected chi connectivity index (χ2v) is 4.16. The Kier molecular flexibility index (Phi) is 3.19. The largest absolute Gasteiger partial charge is 0.382 e. The van der Waals surface area contributed by atoms with Crippen LogP contribution < -0.4 is 5.32 Å². The van der Waals surface area contributed by atoms with E-state index in [2.05, 4.69) is 5.32 Å². The molecule has 0 heterocycles. The average Bonchev–Trinajstić information content (AvgIpc) is 2.72. The van der Waals surface area contributed by atoms with Gasteiger partial charge in [0.05, 0.1) is 5.69 Å². The highest BCUT2D eigenvalue weighted by Gasteiger charge is 2.15. The van der Waals surface area contributed by atoms with E-state index < -0.39 is 5.82 Å². The molecule has 0 bridgehead atoms. The molecule has 15 heavy (non-hydrogen) atoms. The van der Waals surface area contributed by atoms with Gasteiger partial charge in [0.25, 0.3) is 0 Å². The Morgan fingerprint density at radius 1 is 1.20 bits per heavy atom. The predicted molar refractivity (Wildman–Crippen MR) is 56.8 cm³/mol. The minimum Gasteiger partial charge on any atom is -0.382 e. The van der Waals surface area contributed by atoms with Crippen LogP contribution in [0.1, 0.15) is 25.7 Å². The lowest BCUT2D eigenvalue weighted by Gasteiger charge is -2.12. The SMILES string of the molecule is Fc1ccc(F)c(NCC2CCCC2)c1. The zero-order valence-electron chi connectivity index (χ0n) is 8.60. The first-order chi connectivity index (χ1) is 7.25. The molecule has 1 nitrogen and oxygen atoms in total. The molecule has 0 saturated heterocycles. The van der Waals surface area contributed by atoms with Crippen molar-refractivity contribution in [3.63, 3.8) is 0 Å². The Labute approximate surface area is 88.5 Å². The summed E-state index contributed by atoms with van der Waals surface area (Å²) in [6, 6.07) is 3.51. The van der Waals surface area contributed by atoms with Crippen LogP contribution in [0.15, 0.2) is 18.2 Å².